The minimum atomic E-state index is -0.407. The van der Waals surface area contributed by atoms with Crippen LogP contribution in [0.5, 0.6) is 0 Å². The van der Waals surface area contributed by atoms with Gasteiger partial charge in [-0.15, -0.1) is 0 Å². The van der Waals surface area contributed by atoms with Gasteiger partial charge in [-0.3, -0.25) is 14.4 Å². The Balaban J connectivity index is 1.72. The van der Waals surface area contributed by atoms with Crippen molar-refractivity contribution in [2.24, 2.45) is 0 Å². The number of nitrogens with zero attached hydrogens (tertiary/aromatic N) is 5. The lowest BCUT2D eigenvalue weighted by atomic mass is 10.1. The van der Waals surface area contributed by atoms with Crippen molar-refractivity contribution in [1.29, 1.82) is 0 Å². The number of thioether (sulfide) groups is 1. The normalized spacial score (nSPS) is 10.8. The average Bonchev–Trinajstić information content (AvgIpc) is 2.91. The average molecular weight is 541 g/mol. The minimum Gasteiger partial charge on any atom is -0.355 e. The Morgan fingerprint density at radius 2 is 1.82 bits per heavy atom. The number of carbonyl (C=O) groups excluding carboxylic acids is 2. The Bertz CT molecular complexity index is 1250. The van der Waals surface area contributed by atoms with Crippen LogP contribution in [0.2, 0.25) is 0 Å². The first kappa shape index (κ1) is 29.0. The van der Waals surface area contributed by atoms with Gasteiger partial charge in [0, 0.05) is 49.9 Å². The lowest BCUT2D eigenvalue weighted by Crippen LogP contribution is -2.40. The highest BCUT2D eigenvalue weighted by Gasteiger charge is 2.17. The molecule has 38 heavy (non-hydrogen) atoms. The third kappa shape index (κ3) is 9.37. The molecule has 2 amide bonds. The second-order valence-electron chi connectivity index (χ2n) is 8.98. The Hall–Kier alpha value is -3.60. The lowest BCUT2D eigenvalue weighted by Gasteiger charge is -2.19. The number of hydrogen-bond acceptors (Lipinski definition) is 7. The van der Waals surface area contributed by atoms with Crippen LogP contribution in [-0.2, 0) is 28.3 Å². The topological polar surface area (TPSA) is 110 Å². The summed E-state index contributed by atoms with van der Waals surface area (Å²) in [4.78, 5) is 51.7. The fraction of sp³-hybridized carbons (Fsp3) is 0.407. The predicted octanol–water partition coefficient (Wildman–Crippen LogP) is 3.21. The number of nitrogens with one attached hydrogen (secondary N) is 1. The van der Waals surface area contributed by atoms with Crippen LogP contribution in [0.4, 0.5) is 4.39 Å². The molecule has 202 valence electrons. The van der Waals surface area contributed by atoms with Gasteiger partial charge in [0.25, 0.3) is 5.56 Å². The van der Waals surface area contributed by atoms with E-state index in [9.17, 15) is 18.8 Å². The maximum absolute atomic E-state index is 13.3. The van der Waals surface area contributed by atoms with E-state index >= 15 is 0 Å². The second-order valence-corrected chi connectivity index (χ2v) is 9.92. The Labute approximate surface area is 225 Å². The van der Waals surface area contributed by atoms with Crippen LogP contribution in [0.1, 0.15) is 49.3 Å². The molecule has 3 aromatic rings. The zero-order valence-electron chi connectivity index (χ0n) is 21.7. The molecule has 9 nitrogen and oxygen atoms in total. The number of halogens is 1. The molecule has 0 saturated heterocycles. The molecule has 2 aromatic heterocycles. The first-order chi connectivity index (χ1) is 18.4. The summed E-state index contributed by atoms with van der Waals surface area (Å²) in [6, 6.07) is 6.06. The predicted molar refractivity (Wildman–Crippen MR) is 144 cm³/mol. The fourth-order valence-corrected chi connectivity index (χ4v) is 4.57. The zero-order chi connectivity index (χ0) is 27.3. The number of amides is 2. The number of aromatic nitrogens is 4. The number of carbonyl (C=O) groups is 2. The maximum atomic E-state index is 13.3. The summed E-state index contributed by atoms with van der Waals surface area (Å²) in [6.07, 6.45) is 10.7. The summed E-state index contributed by atoms with van der Waals surface area (Å²) in [6.45, 7) is 2.55. The van der Waals surface area contributed by atoms with Crippen molar-refractivity contribution in [3.63, 3.8) is 0 Å². The summed E-state index contributed by atoms with van der Waals surface area (Å²) in [5.74, 6) is -0.412. The van der Waals surface area contributed by atoms with E-state index in [0.29, 0.717) is 23.0 Å². The van der Waals surface area contributed by atoms with Crippen molar-refractivity contribution in [3.05, 3.63) is 82.0 Å². The molecule has 0 radical (unpaired) electrons. The van der Waals surface area contributed by atoms with E-state index in [1.165, 1.54) is 35.1 Å². The van der Waals surface area contributed by atoms with Gasteiger partial charge in [-0.25, -0.2) is 14.4 Å². The van der Waals surface area contributed by atoms with Gasteiger partial charge in [0.05, 0.1) is 6.54 Å². The number of hydrogen-bond donors (Lipinski definition) is 1. The Morgan fingerprint density at radius 1 is 1.08 bits per heavy atom. The molecule has 0 aliphatic rings. The van der Waals surface area contributed by atoms with Crippen molar-refractivity contribution < 1.29 is 14.0 Å². The van der Waals surface area contributed by atoms with Crippen molar-refractivity contribution >= 4 is 23.6 Å². The van der Waals surface area contributed by atoms with E-state index in [1.807, 2.05) is 0 Å². The smallest absolute Gasteiger partial charge is 0.277 e. The van der Waals surface area contributed by atoms with Crippen LogP contribution >= 0.6 is 11.8 Å². The molecule has 3 rings (SSSR count). The first-order valence-corrected chi connectivity index (χ1v) is 13.6. The highest BCUT2D eigenvalue weighted by molar-refractivity contribution is 7.98. The number of rotatable bonds is 14. The van der Waals surface area contributed by atoms with Crippen LogP contribution in [-0.4, -0.2) is 56.4 Å². The van der Waals surface area contributed by atoms with E-state index in [2.05, 4.69) is 27.2 Å². The number of likely N-dealkylation sites (N-methyl/N-ethyl adjacent to an activating group) is 1. The van der Waals surface area contributed by atoms with Gasteiger partial charge in [0.2, 0.25) is 11.8 Å². The van der Waals surface area contributed by atoms with Gasteiger partial charge in [-0.2, -0.15) is 4.98 Å². The minimum absolute atomic E-state index is 0.0630. The third-order valence-electron chi connectivity index (χ3n) is 5.78. The summed E-state index contributed by atoms with van der Waals surface area (Å²) in [5.41, 5.74) is 1.58. The first-order valence-electron chi connectivity index (χ1n) is 12.6. The van der Waals surface area contributed by atoms with E-state index in [1.54, 1.807) is 42.3 Å². The molecule has 0 fully saturated rings. The SMILES string of the molecule is CCCCCCNC(=O)CN(C)C(=O)Cn1cc(Cc2cncnc2)c(=O)nc1SCc1ccc(F)cc1. The molecule has 0 aliphatic carbocycles. The Morgan fingerprint density at radius 3 is 2.53 bits per heavy atom. The van der Waals surface area contributed by atoms with Gasteiger partial charge >= 0.3 is 0 Å². The molecule has 0 unspecified atom stereocenters. The van der Waals surface area contributed by atoms with Gasteiger partial charge in [-0.1, -0.05) is 50.1 Å². The van der Waals surface area contributed by atoms with Crippen molar-refractivity contribution in [1.82, 2.24) is 29.7 Å². The molecule has 0 aliphatic heterocycles. The molecular formula is C27H33FN6O3S. The molecule has 0 bridgehead atoms. The molecule has 0 spiro atoms. The van der Waals surface area contributed by atoms with Gasteiger partial charge in [0.15, 0.2) is 5.16 Å². The van der Waals surface area contributed by atoms with Crippen LogP contribution in [0, 0.1) is 5.82 Å². The summed E-state index contributed by atoms with van der Waals surface area (Å²) in [7, 11) is 1.57. The maximum Gasteiger partial charge on any atom is 0.277 e. The summed E-state index contributed by atoms with van der Waals surface area (Å²) in [5, 5.41) is 3.21. The van der Waals surface area contributed by atoms with Crippen LogP contribution in [0.15, 0.2) is 59.1 Å². The highest BCUT2D eigenvalue weighted by Crippen LogP contribution is 2.21. The standard InChI is InChI=1S/C27H33FN6O3S/c1-3-4-5-6-11-31-24(35)16-33(2)25(36)17-34-15-22(12-21-13-29-19-30-14-21)26(37)32-27(34)38-18-20-7-9-23(28)10-8-20/h7-10,13-15,19H,3-6,11-12,16-18H2,1-2H3,(H,31,35). The molecule has 2 heterocycles. The van der Waals surface area contributed by atoms with Crippen LogP contribution < -0.4 is 10.9 Å². The quantitative estimate of drug-likeness (QED) is 0.190. The van der Waals surface area contributed by atoms with Gasteiger partial charge in [0.1, 0.15) is 18.7 Å². The largest absolute Gasteiger partial charge is 0.355 e. The molecule has 0 saturated carbocycles. The monoisotopic (exact) mass is 540 g/mol. The summed E-state index contributed by atoms with van der Waals surface area (Å²) < 4.78 is 14.9. The van der Waals surface area contributed by atoms with E-state index in [0.717, 1.165) is 36.8 Å². The molecular weight excluding hydrogens is 507 g/mol. The summed E-state index contributed by atoms with van der Waals surface area (Å²) >= 11 is 1.27. The zero-order valence-corrected chi connectivity index (χ0v) is 22.5. The second kappa shape index (κ2) is 15.0. The van der Waals surface area contributed by atoms with E-state index < -0.39 is 5.56 Å². The molecule has 1 N–H and O–H groups in total. The number of benzene rings is 1. The Kier molecular flexibility index (Phi) is 11.4. The lowest BCUT2D eigenvalue weighted by molar-refractivity contribution is -0.135. The van der Waals surface area contributed by atoms with Crippen molar-refractivity contribution in [2.75, 3.05) is 20.1 Å². The highest BCUT2D eigenvalue weighted by atomic mass is 32.2. The molecule has 11 heteroatoms. The van der Waals surface area contributed by atoms with E-state index in [-0.39, 0.29) is 37.1 Å². The molecule has 1 aromatic carbocycles. The van der Waals surface area contributed by atoms with Crippen LogP contribution in [0.25, 0.3) is 0 Å². The van der Waals surface area contributed by atoms with Gasteiger partial charge in [-0.05, 0) is 29.7 Å². The molecule has 0 atom stereocenters. The number of unbranched alkanes of at least 4 members (excludes halogenated alkanes) is 3. The van der Waals surface area contributed by atoms with Gasteiger partial charge < -0.3 is 14.8 Å². The van der Waals surface area contributed by atoms with Crippen LogP contribution in [0.3, 0.4) is 0 Å². The van der Waals surface area contributed by atoms with E-state index in [4.69, 9.17) is 0 Å². The third-order valence-corrected chi connectivity index (χ3v) is 6.85. The van der Waals surface area contributed by atoms with Crippen molar-refractivity contribution in [3.8, 4) is 0 Å². The fourth-order valence-electron chi connectivity index (χ4n) is 3.65. The van der Waals surface area contributed by atoms with Crippen molar-refractivity contribution in [2.45, 2.75) is 56.5 Å².